The van der Waals surface area contributed by atoms with Crippen molar-refractivity contribution in [2.24, 2.45) is 11.1 Å². The van der Waals surface area contributed by atoms with E-state index in [1.807, 2.05) is 6.92 Å². The Hall–Kier alpha value is -2.81. The van der Waals surface area contributed by atoms with Crippen LogP contribution in [0.25, 0.3) is 5.82 Å². The third-order valence-corrected chi connectivity index (χ3v) is 5.72. The van der Waals surface area contributed by atoms with Gasteiger partial charge in [0.25, 0.3) is 5.91 Å². The number of fused-ring (bicyclic) bond motifs is 1. The molecular formula is C21H28N6O3. The molecule has 0 radical (unpaired) electrons. The van der Waals surface area contributed by atoms with Crippen molar-refractivity contribution in [2.75, 3.05) is 18.5 Å². The van der Waals surface area contributed by atoms with Gasteiger partial charge in [0.15, 0.2) is 23.1 Å². The van der Waals surface area contributed by atoms with Gasteiger partial charge in [-0.05, 0) is 31.1 Å². The van der Waals surface area contributed by atoms with Crippen LogP contribution in [0.15, 0.2) is 6.20 Å². The number of ketones is 1. The zero-order chi connectivity index (χ0) is 21.5. The van der Waals surface area contributed by atoms with Gasteiger partial charge in [0.1, 0.15) is 0 Å². The second kappa shape index (κ2) is 7.79. The molecule has 1 aliphatic heterocycles. The van der Waals surface area contributed by atoms with Crippen LogP contribution < -0.4 is 11.1 Å². The maximum Gasteiger partial charge on any atom is 0.271 e. The number of anilines is 1. The van der Waals surface area contributed by atoms with Crippen molar-refractivity contribution in [1.29, 1.82) is 0 Å². The van der Waals surface area contributed by atoms with Crippen molar-refractivity contribution >= 4 is 17.5 Å². The van der Waals surface area contributed by atoms with Gasteiger partial charge in [-0.2, -0.15) is 5.10 Å². The quantitative estimate of drug-likeness (QED) is 0.770. The molecule has 1 amide bonds. The monoisotopic (exact) mass is 412 g/mol. The van der Waals surface area contributed by atoms with Gasteiger partial charge in [0, 0.05) is 25.7 Å². The average Bonchev–Trinajstić information content (AvgIpc) is 3.06. The number of Topliss-reactive ketones (excluding diaryl/α,β-unsaturated/α-hetero) is 1. The number of ether oxygens (including phenoxy) is 1. The lowest BCUT2D eigenvalue weighted by atomic mass is 9.75. The number of nitrogens with two attached hydrogens (primary N) is 1. The van der Waals surface area contributed by atoms with Crippen LogP contribution in [0.1, 0.15) is 72.3 Å². The van der Waals surface area contributed by atoms with Crippen LogP contribution >= 0.6 is 0 Å². The van der Waals surface area contributed by atoms with E-state index >= 15 is 0 Å². The topological polar surface area (TPSA) is 125 Å². The predicted octanol–water partition coefficient (Wildman–Crippen LogP) is 2.07. The molecule has 3 heterocycles. The lowest BCUT2D eigenvalue weighted by Gasteiger charge is -2.29. The van der Waals surface area contributed by atoms with Crippen molar-refractivity contribution in [2.45, 2.75) is 58.9 Å². The Labute approximate surface area is 175 Å². The predicted molar refractivity (Wildman–Crippen MR) is 111 cm³/mol. The highest BCUT2D eigenvalue weighted by molar-refractivity contribution is 6.00. The maximum atomic E-state index is 12.8. The molecule has 0 spiro atoms. The largest absolute Gasteiger partial charge is 0.381 e. The third kappa shape index (κ3) is 3.81. The van der Waals surface area contributed by atoms with Crippen molar-refractivity contribution in [3.63, 3.8) is 0 Å². The number of carbonyl (C=O) groups is 2. The van der Waals surface area contributed by atoms with E-state index in [0.29, 0.717) is 49.7 Å². The first-order chi connectivity index (χ1) is 14.3. The van der Waals surface area contributed by atoms with Crippen LogP contribution in [0.4, 0.5) is 5.82 Å². The lowest BCUT2D eigenvalue weighted by Crippen LogP contribution is -2.30. The number of hydrogen-bond acceptors (Lipinski definition) is 7. The third-order valence-electron chi connectivity index (χ3n) is 5.72. The Morgan fingerprint density at radius 1 is 1.33 bits per heavy atom. The van der Waals surface area contributed by atoms with E-state index in [-0.39, 0.29) is 22.9 Å². The van der Waals surface area contributed by atoms with Gasteiger partial charge in [-0.3, -0.25) is 9.59 Å². The molecule has 0 aromatic carbocycles. The van der Waals surface area contributed by atoms with Crippen molar-refractivity contribution in [1.82, 2.24) is 19.7 Å². The number of hydrogen-bond donors (Lipinski definition) is 2. The summed E-state index contributed by atoms with van der Waals surface area (Å²) in [6.07, 6.45) is 4.98. The maximum absolute atomic E-state index is 12.8. The van der Waals surface area contributed by atoms with Crippen LogP contribution in [0, 0.1) is 5.41 Å². The summed E-state index contributed by atoms with van der Waals surface area (Å²) >= 11 is 0. The Bertz CT molecular complexity index is 991. The fraction of sp³-hybridized carbons (Fsp3) is 0.571. The van der Waals surface area contributed by atoms with Gasteiger partial charge in [0.05, 0.1) is 23.1 Å². The number of aromatic nitrogens is 4. The zero-order valence-corrected chi connectivity index (χ0v) is 17.7. The summed E-state index contributed by atoms with van der Waals surface area (Å²) in [5, 5.41) is 7.99. The van der Waals surface area contributed by atoms with Crippen LogP contribution in [-0.4, -0.2) is 50.7 Å². The van der Waals surface area contributed by atoms with Crippen LogP contribution in [0.2, 0.25) is 0 Å². The van der Waals surface area contributed by atoms with E-state index in [1.165, 1.54) is 6.20 Å². The van der Waals surface area contributed by atoms with E-state index in [4.69, 9.17) is 10.5 Å². The van der Waals surface area contributed by atoms with Crippen molar-refractivity contribution in [3.05, 3.63) is 28.8 Å². The molecule has 1 fully saturated rings. The van der Waals surface area contributed by atoms with Crippen LogP contribution in [-0.2, 0) is 17.6 Å². The summed E-state index contributed by atoms with van der Waals surface area (Å²) < 4.78 is 7.11. The first-order valence-electron chi connectivity index (χ1n) is 10.4. The smallest absolute Gasteiger partial charge is 0.271 e. The molecule has 0 bridgehead atoms. The Morgan fingerprint density at radius 3 is 2.73 bits per heavy atom. The molecule has 3 N–H and O–H groups in total. The molecule has 1 aliphatic carbocycles. The number of nitrogens with one attached hydrogen (secondary N) is 1. The summed E-state index contributed by atoms with van der Waals surface area (Å²) in [7, 11) is 0. The average molecular weight is 412 g/mol. The Morgan fingerprint density at radius 2 is 2.07 bits per heavy atom. The minimum atomic E-state index is -0.642. The standard InChI is InChI=1S/C21H28N6O3/c1-4-13-17-14(9-21(2,3)10-15(17)28)27(26-13)16-11-23-18(19(22)29)20(25-16)24-12-5-7-30-8-6-12/h11-12H,4-10H2,1-3H3,(H2,22,29)(H,24,25). The van der Waals surface area contributed by atoms with Gasteiger partial charge in [-0.15, -0.1) is 0 Å². The Kier molecular flexibility index (Phi) is 5.31. The zero-order valence-electron chi connectivity index (χ0n) is 17.7. The molecule has 2 aliphatic rings. The summed E-state index contributed by atoms with van der Waals surface area (Å²) in [6.45, 7) is 7.45. The summed E-state index contributed by atoms with van der Waals surface area (Å²) in [4.78, 5) is 33.7. The van der Waals surface area contributed by atoms with Crippen molar-refractivity contribution in [3.8, 4) is 5.82 Å². The molecular weight excluding hydrogens is 384 g/mol. The van der Waals surface area contributed by atoms with Crippen molar-refractivity contribution < 1.29 is 14.3 Å². The highest BCUT2D eigenvalue weighted by Gasteiger charge is 2.36. The van der Waals surface area contributed by atoms with E-state index in [2.05, 4.69) is 34.2 Å². The molecule has 9 nitrogen and oxygen atoms in total. The highest BCUT2D eigenvalue weighted by atomic mass is 16.5. The van der Waals surface area contributed by atoms with Gasteiger partial charge in [-0.1, -0.05) is 20.8 Å². The number of primary amides is 1. The van der Waals surface area contributed by atoms with Gasteiger partial charge >= 0.3 is 0 Å². The minimum absolute atomic E-state index is 0.0957. The number of aryl methyl sites for hydroxylation is 1. The van der Waals surface area contributed by atoms with Crippen LogP contribution in [0.3, 0.4) is 0 Å². The van der Waals surface area contributed by atoms with E-state index in [0.717, 1.165) is 24.2 Å². The fourth-order valence-corrected chi connectivity index (χ4v) is 4.26. The first kappa shape index (κ1) is 20.5. The molecule has 2 aromatic heterocycles. The SMILES string of the molecule is CCc1nn(-c2cnc(C(N)=O)c(NC3CCOCC3)n2)c2c1C(=O)CC(C)(C)C2. The van der Waals surface area contributed by atoms with E-state index < -0.39 is 5.91 Å². The fourth-order valence-electron chi connectivity index (χ4n) is 4.26. The lowest BCUT2D eigenvalue weighted by molar-refractivity contribution is 0.0901. The van der Waals surface area contributed by atoms with E-state index in [1.54, 1.807) is 4.68 Å². The molecule has 9 heteroatoms. The number of carbonyl (C=O) groups excluding carboxylic acids is 2. The first-order valence-corrected chi connectivity index (χ1v) is 10.4. The number of nitrogens with zero attached hydrogens (tertiary/aromatic N) is 4. The highest BCUT2D eigenvalue weighted by Crippen LogP contribution is 2.37. The molecule has 0 saturated carbocycles. The second-order valence-electron chi connectivity index (χ2n) is 8.80. The molecule has 160 valence electrons. The number of rotatable bonds is 5. The van der Waals surface area contributed by atoms with Gasteiger partial charge < -0.3 is 15.8 Å². The molecule has 2 aromatic rings. The van der Waals surface area contributed by atoms with Crippen LogP contribution in [0.5, 0.6) is 0 Å². The van der Waals surface area contributed by atoms with Gasteiger partial charge in [0.2, 0.25) is 0 Å². The minimum Gasteiger partial charge on any atom is -0.381 e. The summed E-state index contributed by atoms with van der Waals surface area (Å²) in [5.74, 6) is 0.287. The summed E-state index contributed by atoms with van der Waals surface area (Å²) in [5.41, 5.74) is 7.79. The molecule has 4 rings (SSSR count). The molecule has 1 saturated heterocycles. The molecule has 0 unspecified atom stereocenters. The normalized spacial score (nSPS) is 18.8. The summed E-state index contributed by atoms with van der Waals surface area (Å²) in [6, 6.07) is 0.125. The Balaban J connectivity index is 1.78. The molecule has 0 atom stereocenters. The second-order valence-corrected chi connectivity index (χ2v) is 8.80. The van der Waals surface area contributed by atoms with E-state index in [9.17, 15) is 9.59 Å². The molecule has 30 heavy (non-hydrogen) atoms. The van der Waals surface area contributed by atoms with Gasteiger partial charge in [-0.25, -0.2) is 14.6 Å². The number of amides is 1.